The maximum atomic E-state index is 12.2. The van der Waals surface area contributed by atoms with Crippen molar-refractivity contribution in [3.8, 4) is 0 Å². The molecular formula is C10H5Cl3N2O4S2. The van der Waals surface area contributed by atoms with Gasteiger partial charge in [-0.1, -0.05) is 34.8 Å². The third-order valence-corrected chi connectivity index (χ3v) is 5.76. The Morgan fingerprint density at radius 2 is 1.81 bits per heavy atom. The van der Waals surface area contributed by atoms with Crippen molar-refractivity contribution in [2.24, 2.45) is 0 Å². The van der Waals surface area contributed by atoms with Crippen molar-refractivity contribution in [3.63, 3.8) is 0 Å². The molecule has 0 amide bonds. The van der Waals surface area contributed by atoms with E-state index in [9.17, 15) is 13.2 Å². The minimum absolute atomic E-state index is 0.0162. The second kappa shape index (κ2) is 5.98. The minimum Gasteiger partial charge on any atom is -0.476 e. The van der Waals surface area contributed by atoms with E-state index < -0.39 is 25.9 Å². The van der Waals surface area contributed by atoms with Gasteiger partial charge in [0.15, 0.2) is 9.90 Å². The molecule has 0 spiro atoms. The molecule has 1 aromatic heterocycles. The molecule has 1 aromatic carbocycles. The second-order valence-corrected chi connectivity index (χ2v) is 7.63. The number of benzene rings is 1. The number of sulfonamides is 1. The lowest BCUT2D eigenvalue weighted by atomic mass is 10.3. The van der Waals surface area contributed by atoms with Crippen LogP contribution in [0.25, 0.3) is 0 Å². The van der Waals surface area contributed by atoms with Gasteiger partial charge in [0.2, 0.25) is 0 Å². The van der Waals surface area contributed by atoms with Gasteiger partial charge in [-0.2, -0.15) is 0 Å². The molecule has 0 fully saturated rings. The standard InChI is InChI=1S/C10H5Cl3N2O4S2/c11-4-1-5(12)7(6(13)2-4)15-21(18,19)10-8(9(16)17)14-3-20-10/h1-3,15H,(H,16,17). The molecule has 112 valence electrons. The Morgan fingerprint density at radius 1 is 1.24 bits per heavy atom. The summed E-state index contributed by atoms with van der Waals surface area (Å²) in [5, 5.41) is 9.11. The molecule has 0 saturated heterocycles. The number of aromatic carboxylic acids is 1. The van der Waals surface area contributed by atoms with E-state index in [4.69, 9.17) is 39.9 Å². The highest BCUT2D eigenvalue weighted by molar-refractivity contribution is 7.94. The number of carboxylic acid groups (broad SMARTS) is 1. The Morgan fingerprint density at radius 3 is 2.33 bits per heavy atom. The zero-order valence-electron chi connectivity index (χ0n) is 9.80. The SMILES string of the molecule is O=C(O)c1ncsc1S(=O)(=O)Nc1c(Cl)cc(Cl)cc1Cl. The lowest BCUT2D eigenvalue weighted by Gasteiger charge is -2.10. The number of nitrogens with one attached hydrogen (secondary N) is 1. The van der Waals surface area contributed by atoms with Crippen LogP contribution in [0.3, 0.4) is 0 Å². The normalized spacial score (nSPS) is 11.4. The molecule has 0 aliphatic heterocycles. The Hall–Kier alpha value is -1.06. The Bertz CT molecular complexity index is 796. The number of thiazole rings is 1. The predicted octanol–water partition coefficient (Wildman–Crippen LogP) is 3.60. The van der Waals surface area contributed by atoms with E-state index in [1.165, 1.54) is 12.1 Å². The first-order valence-corrected chi connectivity index (χ1v) is 8.56. The van der Waals surface area contributed by atoms with Crippen molar-refractivity contribution < 1.29 is 18.3 Å². The number of aromatic nitrogens is 1. The quantitative estimate of drug-likeness (QED) is 0.835. The topological polar surface area (TPSA) is 96.4 Å². The van der Waals surface area contributed by atoms with Gasteiger partial charge in [0.1, 0.15) is 0 Å². The van der Waals surface area contributed by atoms with Gasteiger partial charge in [0.25, 0.3) is 10.0 Å². The summed E-state index contributed by atoms with van der Waals surface area (Å²) >= 11 is 18.2. The van der Waals surface area contributed by atoms with Gasteiger partial charge in [0, 0.05) is 5.02 Å². The third-order valence-electron chi connectivity index (χ3n) is 2.22. The molecule has 2 N–H and O–H groups in total. The van der Waals surface area contributed by atoms with Gasteiger partial charge in [-0.05, 0) is 12.1 Å². The molecule has 0 saturated carbocycles. The largest absolute Gasteiger partial charge is 0.476 e. The highest BCUT2D eigenvalue weighted by atomic mass is 35.5. The summed E-state index contributed by atoms with van der Waals surface area (Å²) in [6.45, 7) is 0. The molecule has 1 heterocycles. The summed E-state index contributed by atoms with van der Waals surface area (Å²) < 4.78 is 26.1. The Kier molecular flexibility index (Phi) is 4.64. The first kappa shape index (κ1) is 16.3. The summed E-state index contributed by atoms with van der Waals surface area (Å²) in [6, 6.07) is 2.61. The molecule has 0 aliphatic carbocycles. The molecule has 0 bridgehead atoms. The number of carboxylic acids is 1. The van der Waals surface area contributed by atoms with E-state index in [0.717, 1.165) is 5.51 Å². The third kappa shape index (κ3) is 3.41. The maximum Gasteiger partial charge on any atom is 0.356 e. The molecule has 6 nitrogen and oxygen atoms in total. The lowest BCUT2D eigenvalue weighted by molar-refractivity contribution is 0.0687. The van der Waals surface area contributed by atoms with Gasteiger partial charge >= 0.3 is 5.97 Å². The summed E-state index contributed by atoms with van der Waals surface area (Å²) in [5.41, 5.74) is 0.449. The van der Waals surface area contributed by atoms with Gasteiger partial charge in [0.05, 0.1) is 21.2 Å². The second-order valence-electron chi connectivity index (χ2n) is 3.64. The number of anilines is 1. The highest BCUT2D eigenvalue weighted by Crippen LogP contribution is 2.35. The average Bonchev–Trinajstić information content (AvgIpc) is 2.83. The van der Waals surface area contributed by atoms with Crippen LogP contribution in [0.1, 0.15) is 10.5 Å². The Labute approximate surface area is 138 Å². The van der Waals surface area contributed by atoms with E-state index in [2.05, 4.69) is 9.71 Å². The van der Waals surface area contributed by atoms with E-state index in [1.54, 1.807) is 0 Å². The van der Waals surface area contributed by atoms with Crippen LogP contribution in [0.5, 0.6) is 0 Å². The van der Waals surface area contributed by atoms with E-state index in [-0.39, 0.29) is 20.8 Å². The fourth-order valence-corrected chi connectivity index (χ4v) is 4.65. The zero-order valence-corrected chi connectivity index (χ0v) is 13.7. The maximum absolute atomic E-state index is 12.2. The van der Waals surface area contributed by atoms with Crippen LogP contribution in [0.2, 0.25) is 15.1 Å². The number of nitrogens with zero attached hydrogens (tertiary/aromatic N) is 1. The van der Waals surface area contributed by atoms with Crippen LogP contribution in [-0.4, -0.2) is 24.5 Å². The molecule has 2 aromatic rings. The fraction of sp³-hybridized carbons (Fsp3) is 0. The first-order chi connectivity index (χ1) is 9.72. The molecule has 0 aliphatic rings. The van der Waals surface area contributed by atoms with Crippen molar-refractivity contribution in [2.75, 3.05) is 4.72 Å². The molecule has 2 rings (SSSR count). The average molecular weight is 388 g/mol. The predicted molar refractivity (Wildman–Crippen MR) is 81.4 cm³/mol. The van der Waals surface area contributed by atoms with Crippen LogP contribution in [0.4, 0.5) is 5.69 Å². The van der Waals surface area contributed by atoms with E-state index >= 15 is 0 Å². The van der Waals surface area contributed by atoms with Crippen molar-refractivity contribution in [1.29, 1.82) is 0 Å². The number of halogens is 3. The van der Waals surface area contributed by atoms with Gasteiger partial charge < -0.3 is 5.11 Å². The number of rotatable bonds is 4. The summed E-state index contributed by atoms with van der Waals surface area (Å²) in [5.74, 6) is -1.45. The van der Waals surface area contributed by atoms with Crippen LogP contribution < -0.4 is 4.72 Å². The van der Waals surface area contributed by atoms with Crippen LogP contribution in [-0.2, 0) is 10.0 Å². The van der Waals surface area contributed by atoms with E-state index in [1.807, 2.05) is 0 Å². The molecule has 0 unspecified atom stereocenters. The molecule has 11 heteroatoms. The minimum atomic E-state index is -4.19. The van der Waals surface area contributed by atoms with Crippen LogP contribution >= 0.6 is 46.1 Å². The number of hydrogen-bond acceptors (Lipinski definition) is 5. The Balaban J connectivity index is 2.48. The fourth-order valence-electron chi connectivity index (χ4n) is 1.39. The van der Waals surface area contributed by atoms with E-state index in [0.29, 0.717) is 11.3 Å². The lowest BCUT2D eigenvalue weighted by Crippen LogP contribution is -2.16. The molecular weight excluding hydrogens is 383 g/mol. The van der Waals surface area contributed by atoms with Gasteiger partial charge in [-0.15, -0.1) is 11.3 Å². The number of hydrogen-bond donors (Lipinski definition) is 2. The van der Waals surface area contributed by atoms with Crippen molar-refractivity contribution in [3.05, 3.63) is 38.4 Å². The zero-order chi connectivity index (χ0) is 15.8. The van der Waals surface area contributed by atoms with Gasteiger partial charge in [-0.3, -0.25) is 4.72 Å². The number of carbonyl (C=O) groups is 1. The molecule has 0 atom stereocenters. The van der Waals surface area contributed by atoms with Crippen LogP contribution in [0, 0.1) is 0 Å². The van der Waals surface area contributed by atoms with Crippen LogP contribution in [0.15, 0.2) is 21.9 Å². The van der Waals surface area contributed by atoms with Crippen molar-refractivity contribution in [2.45, 2.75) is 4.21 Å². The molecule has 21 heavy (non-hydrogen) atoms. The first-order valence-electron chi connectivity index (χ1n) is 5.06. The smallest absolute Gasteiger partial charge is 0.356 e. The molecule has 0 radical (unpaired) electrons. The van der Waals surface area contributed by atoms with Crippen molar-refractivity contribution in [1.82, 2.24) is 4.98 Å². The van der Waals surface area contributed by atoms with Gasteiger partial charge in [-0.25, -0.2) is 18.2 Å². The highest BCUT2D eigenvalue weighted by Gasteiger charge is 2.27. The monoisotopic (exact) mass is 386 g/mol. The summed E-state index contributed by atoms with van der Waals surface area (Å²) in [6.07, 6.45) is 0. The summed E-state index contributed by atoms with van der Waals surface area (Å²) in [7, 11) is -4.19. The van der Waals surface area contributed by atoms with Crippen molar-refractivity contribution >= 4 is 67.8 Å². The summed E-state index contributed by atoms with van der Waals surface area (Å²) in [4.78, 5) is 14.4.